The highest BCUT2D eigenvalue weighted by Gasteiger charge is 2.26. The fourth-order valence-corrected chi connectivity index (χ4v) is 3.53. The summed E-state index contributed by atoms with van der Waals surface area (Å²) in [6.07, 6.45) is 3.89. The first-order valence-corrected chi connectivity index (χ1v) is 9.53. The van der Waals surface area contributed by atoms with Gasteiger partial charge in [-0.05, 0) is 37.1 Å². The summed E-state index contributed by atoms with van der Waals surface area (Å²) >= 11 is 0. The molecular formula is C20H22N4O5. The van der Waals surface area contributed by atoms with Crippen molar-refractivity contribution in [2.45, 2.75) is 18.9 Å². The SMILES string of the molecule is O=C(Nc1cccc(N2CCOC2=O)c1)NC1CCN(C(=O)c2ccoc2)CC1. The standard InChI is InChI=1S/C20H22N4O5/c25-18(14-6-10-28-13-14)23-7-4-15(5-8-23)21-19(26)22-16-2-1-3-17(12-16)24-9-11-29-20(24)27/h1-3,6,10,12-13,15H,4-5,7-9,11H2,(H2,21,22,26). The Bertz CT molecular complexity index is 890. The zero-order valence-corrected chi connectivity index (χ0v) is 15.8. The normalized spacial score (nSPS) is 17.2. The van der Waals surface area contributed by atoms with Crippen molar-refractivity contribution in [3.63, 3.8) is 0 Å². The van der Waals surface area contributed by atoms with Gasteiger partial charge in [-0.15, -0.1) is 0 Å². The van der Waals surface area contributed by atoms with Crippen LogP contribution in [0.25, 0.3) is 0 Å². The summed E-state index contributed by atoms with van der Waals surface area (Å²) in [6, 6.07) is 8.38. The maximum absolute atomic E-state index is 12.4. The molecule has 0 atom stereocenters. The van der Waals surface area contributed by atoms with Crippen molar-refractivity contribution in [3.8, 4) is 0 Å². The highest BCUT2D eigenvalue weighted by atomic mass is 16.6. The molecule has 2 N–H and O–H groups in total. The average Bonchev–Trinajstić information content (AvgIpc) is 3.40. The molecule has 0 aliphatic carbocycles. The number of carbonyl (C=O) groups is 3. The first-order valence-electron chi connectivity index (χ1n) is 9.53. The van der Waals surface area contributed by atoms with Crippen LogP contribution in [0.5, 0.6) is 0 Å². The Balaban J connectivity index is 1.27. The summed E-state index contributed by atoms with van der Waals surface area (Å²) in [7, 11) is 0. The number of hydrogen-bond acceptors (Lipinski definition) is 5. The van der Waals surface area contributed by atoms with Gasteiger partial charge in [0.05, 0.1) is 18.4 Å². The van der Waals surface area contributed by atoms with E-state index in [0.717, 1.165) is 0 Å². The van der Waals surface area contributed by atoms with Gasteiger partial charge in [0, 0.05) is 30.5 Å². The number of cyclic esters (lactones) is 1. The van der Waals surface area contributed by atoms with Crippen LogP contribution in [0, 0.1) is 0 Å². The molecule has 2 saturated heterocycles. The summed E-state index contributed by atoms with van der Waals surface area (Å²) in [6.45, 7) is 1.99. The van der Waals surface area contributed by atoms with E-state index in [-0.39, 0.29) is 24.1 Å². The van der Waals surface area contributed by atoms with Crippen molar-refractivity contribution >= 4 is 29.4 Å². The van der Waals surface area contributed by atoms with Gasteiger partial charge in [0.2, 0.25) is 0 Å². The first-order chi connectivity index (χ1) is 14.1. The number of nitrogens with one attached hydrogen (secondary N) is 2. The summed E-state index contributed by atoms with van der Waals surface area (Å²) in [5, 5.41) is 5.75. The zero-order valence-electron chi connectivity index (χ0n) is 15.8. The summed E-state index contributed by atoms with van der Waals surface area (Å²) < 4.78 is 9.91. The fourth-order valence-electron chi connectivity index (χ4n) is 3.53. The molecule has 1 aromatic heterocycles. The molecule has 2 aliphatic heterocycles. The van der Waals surface area contributed by atoms with Gasteiger partial charge < -0.3 is 24.7 Å². The third kappa shape index (κ3) is 4.34. The quantitative estimate of drug-likeness (QED) is 0.824. The van der Waals surface area contributed by atoms with Gasteiger partial charge >= 0.3 is 12.1 Å². The van der Waals surface area contributed by atoms with Crippen molar-refractivity contribution in [3.05, 3.63) is 48.4 Å². The number of benzene rings is 1. The molecule has 1 aromatic carbocycles. The molecule has 9 nitrogen and oxygen atoms in total. The number of amides is 4. The predicted molar refractivity (Wildman–Crippen MR) is 105 cm³/mol. The Morgan fingerprint density at radius 2 is 1.93 bits per heavy atom. The molecule has 4 rings (SSSR count). The highest BCUT2D eigenvalue weighted by molar-refractivity contribution is 5.94. The lowest BCUT2D eigenvalue weighted by atomic mass is 10.0. The third-order valence-electron chi connectivity index (χ3n) is 5.06. The van der Waals surface area contributed by atoms with E-state index in [0.29, 0.717) is 56.0 Å². The number of anilines is 2. The van der Waals surface area contributed by atoms with E-state index in [2.05, 4.69) is 10.6 Å². The van der Waals surface area contributed by atoms with E-state index in [4.69, 9.17) is 9.15 Å². The maximum Gasteiger partial charge on any atom is 0.414 e. The van der Waals surface area contributed by atoms with E-state index in [1.165, 1.54) is 17.4 Å². The number of urea groups is 1. The van der Waals surface area contributed by atoms with Crippen LogP contribution in [0.4, 0.5) is 21.0 Å². The molecule has 9 heteroatoms. The molecule has 0 spiro atoms. The molecule has 0 saturated carbocycles. The number of hydrogen-bond donors (Lipinski definition) is 2. The van der Waals surface area contributed by atoms with Crippen LogP contribution in [0.2, 0.25) is 0 Å². The highest BCUT2D eigenvalue weighted by Crippen LogP contribution is 2.22. The Kier molecular flexibility index (Phi) is 5.37. The minimum Gasteiger partial charge on any atom is -0.472 e. The van der Waals surface area contributed by atoms with Crippen LogP contribution in [0.1, 0.15) is 23.2 Å². The minimum absolute atomic E-state index is 0.0138. The monoisotopic (exact) mass is 398 g/mol. The second-order valence-electron chi connectivity index (χ2n) is 6.99. The van der Waals surface area contributed by atoms with Gasteiger partial charge in [0.15, 0.2) is 0 Å². The van der Waals surface area contributed by atoms with Gasteiger partial charge in [-0.1, -0.05) is 6.07 Å². The molecule has 0 radical (unpaired) electrons. The number of ether oxygens (including phenoxy) is 1. The van der Waals surface area contributed by atoms with Crippen LogP contribution < -0.4 is 15.5 Å². The molecule has 2 aliphatic rings. The first kappa shape index (κ1) is 18.9. The number of carbonyl (C=O) groups excluding carboxylic acids is 3. The van der Waals surface area contributed by atoms with Crippen LogP contribution in [0.15, 0.2) is 47.3 Å². The number of nitrogens with zero attached hydrogens (tertiary/aromatic N) is 2. The number of rotatable bonds is 4. The zero-order chi connectivity index (χ0) is 20.2. The Morgan fingerprint density at radius 3 is 2.62 bits per heavy atom. The Hall–Kier alpha value is -3.49. The molecular weight excluding hydrogens is 376 g/mol. The van der Waals surface area contributed by atoms with Gasteiger partial charge in [-0.25, -0.2) is 9.59 Å². The third-order valence-corrected chi connectivity index (χ3v) is 5.06. The summed E-state index contributed by atoms with van der Waals surface area (Å²) in [5.41, 5.74) is 1.81. The van der Waals surface area contributed by atoms with E-state index in [9.17, 15) is 14.4 Å². The fraction of sp³-hybridized carbons (Fsp3) is 0.350. The van der Waals surface area contributed by atoms with Gasteiger partial charge in [0.1, 0.15) is 12.9 Å². The van der Waals surface area contributed by atoms with Crippen LogP contribution >= 0.6 is 0 Å². The Labute approximate surface area is 167 Å². The number of likely N-dealkylation sites (tertiary alicyclic amines) is 1. The predicted octanol–water partition coefficient (Wildman–Crippen LogP) is 2.66. The molecule has 0 unspecified atom stereocenters. The molecule has 2 fully saturated rings. The molecule has 0 bridgehead atoms. The van der Waals surface area contributed by atoms with Crippen LogP contribution in [0.3, 0.4) is 0 Å². The summed E-state index contributed by atoms with van der Waals surface area (Å²) in [5.74, 6) is -0.0566. The maximum atomic E-state index is 12.4. The smallest absolute Gasteiger partial charge is 0.414 e. The van der Waals surface area contributed by atoms with Crippen molar-refractivity contribution in [2.24, 2.45) is 0 Å². The average molecular weight is 398 g/mol. The molecule has 2 aromatic rings. The number of furan rings is 1. The van der Waals surface area contributed by atoms with Crippen molar-refractivity contribution in [1.82, 2.24) is 10.2 Å². The second-order valence-corrected chi connectivity index (χ2v) is 6.99. The Morgan fingerprint density at radius 1 is 1.10 bits per heavy atom. The number of piperidine rings is 1. The molecule has 152 valence electrons. The van der Waals surface area contributed by atoms with Gasteiger partial charge in [-0.2, -0.15) is 0 Å². The minimum atomic E-state index is -0.386. The lowest BCUT2D eigenvalue weighted by Crippen LogP contribution is -2.47. The largest absolute Gasteiger partial charge is 0.472 e. The van der Waals surface area contributed by atoms with E-state index >= 15 is 0 Å². The lowest BCUT2D eigenvalue weighted by Gasteiger charge is -2.32. The van der Waals surface area contributed by atoms with Crippen molar-refractivity contribution < 1.29 is 23.5 Å². The second kappa shape index (κ2) is 8.26. The van der Waals surface area contributed by atoms with Crippen LogP contribution in [-0.2, 0) is 4.74 Å². The lowest BCUT2D eigenvalue weighted by molar-refractivity contribution is 0.0708. The van der Waals surface area contributed by atoms with Gasteiger partial charge in [-0.3, -0.25) is 9.69 Å². The van der Waals surface area contributed by atoms with E-state index in [1.807, 2.05) is 0 Å². The van der Waals surface area contributed by atoms with Crippen molar-refractivity contribution in [2.75, 3.05) is 36.5 Å². The van der Waals surface area contributed by atoms with E-state index < -0.39 is 0 Å². The van der Waals surface area contributed by atoms with Crippen LogP contribution in [-0.4, -0.2) is 55.2 Å². The topological polar surface area (TPSA) is 104 Å². The molecule has 29 heavy (non-hydrogen) atoms. The van der Waals surface area contributed by atoms with E-state index in [1.54, 1.807) is 35.2 Å². The van der Waals surface area contributed by atoms with Gasteiger partial charge in [0.25, 0.3) is 5.91 Å². The molecule has 3 heterocycles. The molecule has 4 amide bonds. The summed E-state index contributed by atoms with van der Waals surface area (Å²) in [4.78, 5) is 39.7. The van der Waals surface area contributed by atoms with Crippen molar-refractivity contribution in [1.29, 1.82) is 0 Å².